The molecule has 0 saturated heterocycles. The highest BCUT2D eigenvalue weighted by atomic mass is 32.2. The fraction of sp³-hybridized carbons (Fsp3) is 0.179. The van der Waals surface area contributed by atoms with Gasteiger partial charge in [0.2, 0.25) is 0 Å². The Morgan fingerprint density at radius 2 is 1.63 bits per heavy atom. The molecule has 1 aliphatic rings. The molecule has 0 aliphatic heterocycles. The molecule has 6 nitrogen and oxygen atoms in total. The zero-order valence-corrected chi connectivity index (χ0v) is 20.8. The average Bonchev–Trinajstić information content (AvgIpc) is 3.21. The number of fused-ring (bicyclic) bond motifs is 1. The molecule has 0 saturated carbocycles. The van der Waals surface area contributed by atoms with Crippen LogP contribution in [0.15, 0.2) is 89.8 Å². The van der Waals surface area contributed by atoms with E-state index in [0.29, 0.717) is 17.7 Å². The highest BCUT2D eigenvalue weighted by Gasteiger charge is 2.39. The number of nitrogen functional groups attached to an aromatic ring is 1. The maximum absolute atomic E-state index is 13.7. The van der Waals surface area contributed by atoms with Crippen molar-refractivity contribution < 1.29 is 8.42 Å². The minimum Gasteiger partial charge on any atom is -0.382 e. The summed E-state index contributed by atoms with van der Waals surface area (Å²) in [5.74, 6) is 0.204. The van der Waals surface area contributed by atoms with Gasteiger partial charge in [-0.2, -0.15) is 12.5 Å². The molecule has 1 aliphatic carbocycles. The average molecular weight is 485 g/mol. The first-order valence-corrected chi connectivity index (χ1v) is 12.9. The molecule has 1 aromatic heterocycles. The van der Waals surface area contributed by atoms with Crippen LogP contribution in [0.1, 0.15) is 27.9 Å². The second-order valence-electron chi connectivity index (χ2n) is 9.20. The Kier molecular flexibility index (Phi) is 5.52. The van der Waals surface area contributed by atoms with E-state index in [4.69, 9.17) is 5.73 Å². The lowest BCUT2D eigenvalue weighted by Gasteiger charge is -2.35. The quantitative estimate of drug-likeness (QED) is 0.447. The van der Waals surface area contributed by atoms with Crippen LogP contribution in [0.3, 0.4) is 0 Å². The lowest BCUT2D eigenvalue weighted by atomic mass is 9.68. The minimum absolute atomic E-state index is 0.183. The monoisotopic (exact) mass is 484 g/mol. The minimum atomic E-state index is -3.93. The zero-order valence-electron chi connectivity index (χ0n) is 20.0. The van der Waals surface area contributed by atoms with Crippen LogP contribution >= 0.6 is 0 Å². The number of hydrogen-bond donors (Lipinski definition) is 1. The standard InChI is InChI=1S/C28H28N4O2S/c1-20-12-14-24(15-13-20)35(33,34)32-26-19-28(21-8-5-4-6-9-21,17-16-25(26)27(29)30-32)22-10-7-11-23(18-22)31(2)3/h4-18H,19H2,1-3H3,(H2,29,30). The van der Waals surface area contributed by atoms with E-state index in [-0.39, 0.29) is 10.7 Å². The number of aromatic nitrogens is 2. The van der Waals surface area contributed by atoms with Crippen LogP contribution in [-0.4, -0.2) is 31.7 Å². The van der Waals surface area contributed by atoms with Crippen molar-refractivity contribution in [2.24, 2.45) is 0 Å². The topological polar surface area (TPSA) is 81.2 Å². The Bertz CT molecular complexity index is 1520. The summed E-state index contributed by atoms with van der Waals surface area (Å²) in [7, 11) is 0.0849. The summed E-state index contributed by atoms with van der Waals surface area (Å²) >= 11 is 0. The Labute approximate surface area is 206 Å². The molecule has 3 aromatic carbocycles. The highest BCUT2D eigenvalue weighted by Crippen LogP contribution is 2.44. The van der Waals surface area contributed by atoms with Gasteiger partial charge in [-0.05, 0) is 42.3 Å². The molecule has 1 unspecified atom stereocenters. The van der Waals surface area contributed by atoms with E-state index in [1.54, 1.807) is 24.3 Å². The smallest absolute Gasteiger partial charge is 0.283 e. The Balaban J connectivity index is 1.72. The van der Waals surface area contributed by atoms with E-state index in [1.807, 2.05) is 51.4 Å². The van der Waals surface area contributed by atoms with Gasteiger partial charge in [0.1, 0.15) is 0 Å². The van der Waals surface area contributed by atoms with Crippen LogP contribution in [0.2, 0.25) is 0 Å². The molecule has 0 fully saturated rings. The van der Waals surface area contributed by atoms with E-state index in [2.05, 4.69) is 46.4 Å². The largest absolute Gasteiger partial charge is 0.382 e. The number of hydrogen-bond acceptors (Lipinski definition) is 5. The van der Waals surface area contributed by atoms with E-state index >= 15 is 0 Å². The van der Waals surface area contributed by atoms with E-state index in [1.165, 1.54) is 0 Å². The van der Waals surface area contributed by atoms with Gasteiger partial charge in [0.15, 0.2) is 5.82 Å². The lowest BCUT2D eigenvalue weighted by molar-refractivity contribution is 0.565. The van der Waals surface area contributed by atoms with Crippen molar-refractivity contribution in [3.8, 4) is 0 Å². The third-order valence-electron chi connectivity index (χ3n) is 6.71. The Hall–Kier alpha value is -3.84. The highest BCUT2D eigenvalue weighted by molar-refractivity contribution is 7.89. The lowest BCUT2D eigenvalue weighted by Crippen LogP contribution is -2.33. The second-order valence-corrected chi connectivity index (χ2v) is 11.0. The molecular formula is C28H28N4O2S. The van der Waals surface area contributed by atoms with Gasteiger partial charge in [-0.3, -0.25) is 0 Å². The first-order chi connectivity index (χ1) is 16.7. The van der Waals surface area contributed by atoms with E-state index in [0.717, 1.165) is 26.5 Å². The van der Waals surface area contributed by atoms with Crippen LogP contribution in [0, 0.1) is 6.92 Å². The third kappa shape index (κ3) is 3.82. The predicted molar refractivity (Wildman–Crippen MR) is 141 cm³/mol. The van der Waals surface area contributed by atoms with Crippen LogP contribution < -0.4 is 10.6 Å². The first kappa shape index (κ1) is 22.9. The van der Waals surface area contributed by atoms with Gasteiger partial charge in [-0.1, -0.05) is 72.3 Å². The molecule has 5 rings (SSSR count). The molecule has 2 N–H and O–H groups in total. The van der Waals surface area contributed by atoms with Crippen molar-refractivity contribution in [2.45, 2.75) is 23.7 Å². The summed E-state index contributed by atoms with van der Waals surface area (Å²) in [4.78, 5) is 2.24. The van der Waals surface area contributed by atoms with Crippen LogP contribution in [-0.2, 0) is 21.9 Å². The molecule has 178 valence electrons. The maximum atomic E-state index is 13.7. The zero-order chi connectivity index (χ0) is 24.8. The van der Waals surface area contributed by atoms with Gasteiger partial charge < -0.3 is 10.6 Å². The van der Waals surface area contributed by atoms with Crippen LogP contribution in [0.25, 0.3) is 6.08 Å². The third-order valence-corrected chi connectivity index (χ3v) is 8.34. The van der Waals surface area contributed by atoms with E-state index in [9.17, 15) is 8.42 Å². The molecular weight excluding hydrogens is 456 g/mol. The van der Waals surface area contributed by atoms with Crippen molar-refractivity contribution in [1.82, 2.24) is 9.19 Å². The van der Waals surface area contributed by atoms with E-state index < -0.39 is 15.4 Å². The molecule has 7 heteroatoms. The molecule has 1 atom stereocenters. The second kappa shape index (κ2) is 8.43. The first-order valence-electron chi connectivity index (χ1n) is 11.4. The van der Waals surface area contributed by atoms with Gasteiger partial charge in [-0.15, -0.1) is 5.10 Å². The summed E-state index contributed by atoms with van der Waals surface area (Å²) in [6, 6.07) is 25.3. The van der Waals surface area contributed by atoms with Crippen LogP contribution in [0.5, 0.6) is 0 Å². The maximum Gasteiger partial charge on any atom is 0.283 e. The number of anilines is 2. The number of aryl methyl sites for hydroxylation is 1. The van der Waals surface area contributed by atoms with Gasteiger partial charge in [0, 0.05) is 37.2 Å². The Morgan fingerprint density at radius 3 is 2.31 bits per heavy atom. The van der Waals surface area contributed by atoms with Crippen molar-refractivity contribution in [1.29, 1.82) is 0 Å². The number of rotatable bonds is 5. The van der Waals surface area contributed by atoms with Gasteiger partial charge in [0.25, 0.3) is 10.0 Å². The fourth-order valence-corrected chi connectivity index (χ4v) is 6.05. The normalized spacial score (nSPS) is 17.2. The number of nitrogens with zero attached hydrogens (tertiary/aromatic N) is 3. The molecule has 0 spiro atoms. The SMILES string of the molecule is Cc1ccc(S(=O)(=O)n2nc(N)c3c2CC(c2ccccc2)(c2cccc(N(C)C)c2)C=C3)cc1. The number of allylic oxidation sites excluding steroid dienone is 1. The van der Waals surface area contributed by atoms with Gasteiger partial charge >= 0.3 is 0 Å². The van der Waals surface area contributed by atoms with Gasteiger partial charge in [-0.25, -0.2) is 0 Å². The molecule has 0 bridgehead atoms. The van der Waals surface area contributed by atoms with Crippen LogP contribution in [0.4, 0.5) is 11.5 Å². The fourth-order valence-electron chi connectivity index (χ4n) is 4.73. The van der Waals surface area contributed by atoms with Gasteiger partial charge in [0.05, 0.1) is 10.6 Å². The molecule has 4 aromatic rings. The van der Waals surface area contributed by atoms with Crippen molar-refractivity contribution in [3.63, 3.8) is 0 Å². The number of nitrogens with two attached hydrogens (primary N) is 1. The molecule has 1 heterocycles. The van der Waals surface area contributed by atoms with Crippen molar-refractivity contribution in [2.75, 3.05) is 24.7 Å². The number of benzene rings is 3. The summed E-state index contributed by atoms with van der Waals surface area (Å²) in [5, 5.41) is 4.31. The Morgan fingerprint density at radius 1 is 0.943 bits per heavy atom. The van der Waals surface area contributed by atoms with Crippen molar-refractivity contribution >= 4 is 27.6 Å². The molecule has 0 amide bonds. The summed E-state index contributed by atoms with van der Waals surface area (Å²) in [6.07, 6.45) is 4.44. The summed E-state index contributed by atoms with van der Waals surface area (Å²) in [5.41, 5.74) is 11.1. The summed E-state index contributed by atoms with van der Waals surface area (Å²) in [6.45, 7) is 1.92. The predicted octanol–water partition coefficient (Wildman–Crippen LogP) is 4.63. The molecule has 0 radical (unpaired) electrons. The summed E-state index contributed by atoms with van der Waals surface area (Å²) < 4.78 is 28.5. The molecule has 35 heavy (non-hydrogen) atoms. The van der Waals surface area contributed by atoms with Crippen molar-refractivity contribution in [3.05, 3.63) is 113 Å².